The quantitative estimate of drug-likeness (QED) is 0.582. The highest BCUT2D eigenvalue weighted by Gasteiger charge is 2.26. The SMILES string of the molecule is CN(C)c1nc2cc3c(cc2cc1CN(CC1CCCO1)C(=O)c1cncs1)OCO3. The summed E-state index contributed by atoms with van der Waals surface area (Å²) < 4.78 is 16.9. The first-order valence-electron chi connectivity index (χ1n) is 10.3. The van der Waals surface area contributed by atoms with Gasteiger partial charge in [0.1, 0.15) is 10.7 Å². The van der Waals surface area contributed by atoms with Crippen LogP contribution in [0, 0.1) is 0 Å². The van der Waals surface area contributed by atoms with Crippen LogP contribution in [-0.4, -0.2) is 60.9 Å². The van der Waals surface area contributed by atoms with Crippen LogP contribution in [0.5, 0.6) is 11.5 Å². The van der Waals surface area contributed by atoms with Crippen LogP contribution in [-0.2, 0) is 11.3 Å². The summed E-state index contributed by atoms with van der Waals surface area (Å²) in [6.45, 7) is 1.95. The van der Waals surface area contributed by atoms with E-state index in [0.29, 0.717) is 23.7 Å². The van der Waals surface area contributed by atoms with E-state index in [2.05, 4.69) is 11.1 Å². The first kappa shape index (κ1) is 20.0. The van der Waals surface area contributed by atoms with Gasteiger partial charge in [-0.2, -0.15) is 0 Å². The minimum atomic E-state index is -0.0338. The Bertz CT molecular complexity index is 1100. The topological polar surface area (TPSA) is 77.0 Å². The van der Waals surface area contributed by atoms with Crippen molar-refractivity contribution in [2.75, 3.05) is 38.9 Å². The number of aromatic nitrogens is 2. The van der Waals surface area contributed by atoms with Gasteiger partial charge >= 0.3 is 0 Å². The van der Waals surface area contributed by atoms with E-state index in [4.69, 9.17) is 19.2 Å². The van der Waals surface area contributed by atoms with Gasteiger partial charge in [-0.15, -0.1) is 11.3 Å². The predicted molar refractivity (Wildman–Crippen MR) is 118 cm³/mol. The molecule has 9 heteroatoms. The highest BCUT2D eigenvalue weighted by molar-refractivity contribution is 7.11. The monoisotopic (exact) mass is 440 g/mol. The van der Waals surface area contributed by atoms with E-state index in [9.17, 15) is 4.79 Å². The maximum atomic E-state index is 13.3. The molecule has 31 heavy (non-hydrogen) atoms. The lowest BCUT2D eigenvalue weighted by Gasteiger charge is -2.27. The van der Waals surface area contributed by atoms with Gasteiger partial charge in [-0.25, -0.2) is 4.98 Å². The molecular formula is C22H24N4O4S. The van der Waals surface area contributed by atoms with Gasteiger partial charge in [-0.3, -0.25) is 9.78 Å². The van der Waals surface area contributed by atoms with Crippen molar-refractivity contribution in [2.45, 2.75) is 25.5 Å². The number of hydrogen-bond acceptors (Lipinski definition) is 8. The molecule has 2 aromatic heterocycles. The standard InChI is InChI=1S/C22H24N4O4S/c1-25(2)21-15(6-14-7-18-19(30-13-29-18)8-17(14)24-21)10-26(11-16-4-3-5-28-16)22(27)20-9-23-12-31-20/h6-9,12,16H,3-5,10-11,13H2,1-2H3. The lowest BCUT2D eigenvalue weighted by molar-refractivity contribution is 0.0511. The van der Waals surface area contributed by atoms with Crippen LogP contribution in [0.2, 0.25) is 0 Å². The van der Waals surface area contributed by atoms with Crippen molar-refractivity contribution in [1.82, 2.24) is 14.9 Å². The Labute approximate surface area is 184 Å². The highest BCUT2D eigenvalue weighted by atomic mass is 32.1. The second kappa shape index (κ2) is 8.32. The zero-order valence-corrected chi connectivity index (χ0v) is 18.4. The molecule has 1 fully saturated rings. The Morgan fingerprint density at radius 3 is 2.77 bits per heavy atom. The molecule has 0 radical (unpaired) electrons. The first-order chi connectivity index (χ1) is 15.1. The van der Waals surface area contributed by atoms with Gasteiger partial charge in [0.05, 0.1) is 23.3 Å². The van der Waals surface area contributed by atoms with Crippen molar-refractivity contribution >= 4 is 34.0 Å². The van der Waals surface area contributed by atoms with Crippen LogP contribution in [0.4, 0.5) is 5.82 Å². The van der Waals surface area contributed by atoms with E-state index in [-0.39, 0.29) is 18.8 Å². The Hall–Kier alpha value is -2.91. The summed E-state index contributed by atoms with van der Waals surface area (Å²) in [6, 6.07) is 5.94. The second-order valence-electron chi connectivity index (χ2n) is 7.95. The number of carbonyl (C=O) groups is 1. The maximum absolute atomic E-state index is 13.3. The zero-order chi connectivity index (χ0) is 21.4. The summed E-state index contributed by atoms with van der Waals surface area (Å²) in [5.41, 5.74) is 3.48. The van der Waals surface area contributed by atoms with Crippen molar-refractivity contribution in [1.29, 1.82) is 0 Å². The summed E-state index contributed by atoms with van der Waals surface area (Å²) in [7, 11) is 3.92. The number of anilines is 1. The number of thiazole rings is 1. The van der Waals surface area contributed by atoms with E-state index in [1.54, 1.807) is 11.7 Å². The number of amides is 1. The van der Waals surface area contributed by atoms with E-state index >= 15 is 0 Å². The van der Waals surface area contributed by atoms with Crippen LogP contribution < -0.4 is 14.4 Å². The molecule has 1 aromatic carbocycles. The van der Waals surface area contributed by atoms with Crippen LogP contribution >= 0.6 is 11.3 Å². The molecule has 0 saturated carbocycles. The summed E-state index contributed by atoms with van der Waals surface area (Å²) in [6.07, 6.45) is 3.68. The first-order valence-corrected chi connectivity index (χ1v) is 11.2. The van der Waals surface area contributed by atoms with Crippen LogP contribution in [0.1, 0.15) is 28.1 Å². The molecule has 8 nitrogen and oxygen atoms in total. The number of rotatable bonds is 6. The Morgan fingerprint density at radius 2 is 2.06 bits per heavy atom. The average Bonchev–Trinajstić information content (AvgIpc) is 3.53. The third kappa shape index (κ3) is 4.03. The molecule has 0 spiro atoms. The fourth-order valence-corrected chi connectivity index (χ4v) is 4.62. The zero-order valence-electron chi connectivity index (χ0n) is 17.5. The average molecular weight is 441 g/mol. The van der Waals surface area contributed by atoms with Crippen LogP contribution in [0.3, 0.4) is 0 Å². The minimum Gasteiger partial charge on any atom is -0.454 e. The normalized spacial score (nSPS) is 17.3. The largest absolute Gasteiger partial charge is 0.454 e. The van der Waals surface area contributed by atoms with Crippen molar-refractivity contribution in [3.05, 3.63) is 40.3 Å². The van der Waals surface area contributed by atoms with Crippen molar-refractivity contribution in [2.24, 2.45) is 0 Å². The molecule has 0 bridgehead atoms. The number of pyridine rings is 1. The molecule has 2 aliphatic heterocycles. The molecule has 1 saturated heterocycles. The lowest BCUT2D eigenvalue weighted by Crippen LogP contribution is -2.37. The van der Waals surface area contributed by atoms with E-state index < -0.39 is 0 Å². The molecular weight excluding hydrogens is 416 g/mol. The Balaban J connectivity index is 1.52. The number of benzene rings is 1. The predicted octanol–water partition coefficient (Wildman–Crippen LogP) is 3.31. The molecule has 3 aromatic rings. The van der Waals surface area contributed by atoms with Gasteiger partial charge in [0, 0.05) is 50.8 Å². The molecule has 4 heterocycles. The summed E-state index contributed by atoms with van der Waals surface area (Å²) >= 11 is 1.35. The van der Waals surface area contributed by atoms with Gasteiger partial charge in [-0.05, 0) is 25.0 Å². The second-order valence-corrected chi connectivity index (χ2v) is 8.84. The maximum Gasteiger partial charge on any atom is 0.265 e. The molecule has 1 atom stereocenters. The van der Waals surface area contributed by atoms with E-state index in [0.717, 1.165) is 47.5 Å². The van der Waals surface area contributed by atoms with E-state index in [1.165, 1.54) is 11.3 Å². The number of fused-ring (bicyclic) bond motifs is 2. The lowest BCUT2D eigenvalue weighted by atomic mass is 10.1. The fourth-order valence-electron chi connectivity index (χ4n) is 4.04. The molecule has 0 aliphatic carbocycles. The minimum absolute atomic E-state index is 0.0338. The van der Waals surface area contributed by atoms with Gasteiger partial charge in [0.25, 0.3) is 5.91 Å². The van der Waals surface area contributed by atoms with Crippen LogP contribution in [0.15, 0.2) is 29.9 Å². The summed E-state index contributed by atoms with van der Waals surface area (Å²) in [4.78, 5) is 26.7. The molecule has 2 aliphatic rings. The molecule has 1 unspecified atom stereocenters. The number of carbonyl (C=O) groups excluding carboxylic acids is 1. The van der Waals surface area contributed by atoms with Crippen LogP contribution in [0.25, 0.3) is 10.9 Å². The number of nitrogens with zero attached hydrogens (tertiary/aromatic N) is 4. The van der Waals surface area contributed by atoms with Crippen molar-refractivity contribution < 1.29 is 19.0 Å². The molecule has 5 rings (SSSR count). The van der Waals surface area contributed by atoms with Crippen molar-refractivity contribution in [3.63, 3.8) is 0 Å². The summed E-state index contributed by atoms with van der Waals surface area (Å²) in [5.74, 6) is 2.21. The smallest absolute Gasteiger partial charge is 0.265 e. The van der Waals surface area contributed by atoms with Gasteiger partial charge in [-0.1, -0.05) is 0 Å². The Kier molecular flexibility index (Phi) is 5.37. The van der Waals surface area contributed by atoms with E-state index in [1.807, 2.05) is 36.0 Å². The van der Waals surface area contributed by atoms with Gasteiger partial charge in [0.2, 0.25) is 6.79 Å². The molecule has 0 N–H and O–H groups in total. The number of ether oxygens (including phenoxy) is 3. The molecule has 1 amide bonds. The third-order valence-corrected chi connectivity index (χ3v) is 6.29. The summed E-state index contributed by atoms with van der Waals surface area (Å²) in [5, 5.41) is 0.951. The third-order valence-electron chi connectivity index (χ3n) is 5.53. The molecule has 162 valence electrons. The fraction of sp³-hybridized carbons (Fsp3) is 0.409. The van der Waals surface area contributed by atoms with Gasteiger partial charge < -0.3 is 24.0 Å². The van der Waals surface area contributed by atoms with Gasteiger partial charge in [0.15, 0.2) is 11.5 Å². The number of hydrogen-bond donors (Lipinski definition) is 0. The highest BCUT2D eigenvalue weighted by Crippen LogP contribution is 2.37. The Morgan fingerprint density at radius 1 is 1.23 bits per heavy atom. The van der Waals surface area contributed by atoms with Crippen molar-refractivity contribution in [3.8, 4) is 11.5 Å².